The van der Waals surface area contributed by atoms with Crippen LogP contribution in [0.5, 0.6) is 0 Å². The largest absolute Gasteiger partial charge is 0.260 e. The molecule has 0 unspecified atom stereocenters. The van der Waals surface area contributed by atoms with E-state index < -0.39 is 0 Å². The van der Waals surface area contributed by atoms with Crippen LogP contribution >= 0.6 is 0 Å². The van der Waals surface area contributed by atoms with Gasteiger partial charge in [-0.3, -0.25) is 4.98 Å². The van der Waals surface area contributed by atoms with E-state index in [2.05, 4.69) is 30.1 Å². The maximum atomic E-state index is 4.26. The zero-order valence-electron chi connectivity index (χ0n) is 5.96. The zero-order valence-corrected chi connectivity index (χ0v) is 5.96. The molecular formula is C9H9N. The topological polar surface area (TPSA) is 12.9 Å². The van der Waals surface area contributed by atoms with E-state index in [9.17, 15) is 0 Å². The summed E-state index contributed by atoms with van der Waals surface area (Å²) >= 11 is 0. The molecule has 0 bridgehead atoms. The highest BCUT2D eigenvalue weighted by Gasteiger charge is 2.06. The molecule has 1 aliphatic rings. The van der Waals surface area contributed by atoms with Gasteiger partial charge in [0.05, 0.1) is 5.69 Å². The molecule has 0 N–H and O–H groups in total. The van der Waals surface area contributed by atoms with Crippen molar-refractivity contribution in [1.29, 1.82) is 0 Å². The second-order valence-electron chi connectivity index (χ2n) is 2.59. The van der Waals surface area contributed by atoms with Gasteiger partial charge in [0.1, 0.15) is 0 Å². The van der Waals surface area contributed by atoms with E-state index in [1.54, 1.807) is 0 Å². The molecule has 0 spiro atoms. The molecule has 0 saturated carbocycles. The first-order chi connectivity index (χ1) is 4.88. The lowest BCUT2D eigenvalue weighted by atomic mass is 10.1. The van der Waals surface area contributed by atoms with Gasteiger partial charge in [0.15, 0.2) is 0 Å². The Kier molecular flexibility index (Phi) is 1.10. The predicted molar refractivity (Wildman–Crippen MR) is 41.7 cm³/mol. The van der Waals surface area contributed by atoms with Gasteiger partial charge in [0.2, 0.25) is 0 Å². The summed E-state index contributed by atoms with van der Waals surface area (Å²) in [5.74, 6) is 0. The number of hydrogen-bond donors (Lipinski definition) is 0. The van der Waals surface area contributed by atoms with Gasteiger partial charge in [-0.2, -0.15) is 0 Å². The minimum Gasteiger partial charge on any atom is -0.260 e. The molecule has 0 aliphatic heterocycles. The first-order valence-electron chi connectivity index (χ1n) is 3.49. The molecule has 1 aliphatic carbocycles. The smallest absolute Gasteiger partial charge is 0.0516 e. The maximum Gasteiger partial charge on any atom is 0.0516 e. The maximum absolute atomic E-state index is 4.26. The van der Waals surface area contributed by atoms with E-state index in [0.717, 1.165) is 6.42 Å². The second-order valence-corrected chi connectivity index (χ2v) is 2.59. The van der Waals surface area contributed by atoms with Crippen LogP contribution in [0, 0.1) is 6.92 Å². The SMILES string of the molecule is Cc1ccnc2c1C=CC2. The fraction of sp³-hybridized carbons (Fsp3) is 0.222. The molecular weight excluding hydrogens is 122 g/mol. The van der Waals surface area contributed by atoms with Crippen molar-refractivity contribution in [3.8, 4) is 0 Å². The molecule has 1 aromatic heterocycles. The highest BCUT2D eigenvalue weighted by Crippen LogP contribution is 2.19. The third-order valence-corrected chi connectivity index (χ3v) is 1.89. The van der Waals surface area contributed by atoms with Gasteiger partial charge in [-0.15, -0.1) is 0 Å². The van der Waals surface area contributed by atoms with E-state index in [1.807, 2.05) is 6.20 Å². The Labute approximate surface area is 60.4 Å². The summed E-state index contributed by atoms with van der Waals surface area (Å²) in [7, 11) is 0. The van der Waals surface area contributed by atoms with E-state index >= 15 is 0 Å². The van der Waals surface area contributed by atoms with E-state index in [4.69, 9.17) is 0 Å². The van der Waals surface area contributed by atoms with Gasteiger partial charge in [-0.1, -0.05) is 12.2 Å². The lowest BCUT2D eigenvalue weighted by Gasteiger charge is -1.98. The Hall–Kier alpha value is -1.11. The number of fused-ring (bicyclic) bond motifs is 1. The number of nitrogens with zero attached hydrogens (tertiary/aromatic N) is 1. The molecule has 0 saturated heterocycles. The Morgan fingerprint density at radius 2 is 2.40 bits per heavy atom. The summed E-state index contributed by atoms with van der Waals surface area (Å²) in [5, 5.41) is 0. The second kappa shape index (κ2) is 1.94. The summed E-state index contributed by atoms with van der Waals surface area (Å²) in [6.45, 7) is 2.12. The predicted octanol–water partition coefficient (Wildman–Crippen LogP) is 1.96. The molecule has 0 aromatic carbocycles. The lowest BCUT2D eigenvalue weighted by Crippen LogP contribution is -1.88. The Bertz CT molecular complexity index is 287. The standard InChI is InChI=1S/C9H9N/c1-7-5-6-10-9-4-2-3-8(7)9/h2-3,5-6H,4H2,1H3. The molecule has 0 radical (unpaired) electrons. The Morgan fingerprint density at radius 3 is 3.20 bits per heavy atom. The molecule has 50 valence electrons. The van der Waals surface area contributed by atoms with E-state index in [-0.39, 0.29) is 0 Å². The number of pyridine rings is 1. The first-order valence-corrected chi connectivity index (χ1v) is 3.49. The monoisotopic (exact) mass is 131 g/mol. The highest BCUT2D eigenvalue weighted by atomic mass is 14.7. The fourth-order valence-corrected chi connectivity index (χ4v) is 1.30. The van der Waals surface area contributed by atoms with Crippen molar-refractivity contribution in [3.63, 3.8) is 0 Å². The van der Waals surface area contributed by atoms with E-state index in [0.29, 0.717) is 0 Å². The molecule has 0 fully saturated rings. The minimum absolute atomic E-state index is 1.01. The van der Waals surface area contributed by atoms with E-state index in [1.165, 1.54) is 16.8 Å². The average Bonchev–Trinajstić information content (AvgIpc) is 2.36. The third-order valence-electron chi connectivity index (χ3n) is 1.89. The summed E-state index contributed by atoms with van der Waals surface area (Å²) in [6.07, 6.45) is 7.19. The van der Waals surface area contributed by atoms with Crippen molar-refractivity contribution in [2.24, 2.45) is 0 Å². The highest BCUT2D eigenvalue weighted by molar-refractivity contribution is 5.60. The van der Waals surface area contributed by atoms with Gasteiger partial charge in [-0.05, 0) is 24.1 Å². The zero-order chi connectivity index (χ0) is 6.97. The van der Waals surface area contributed by atoms with Gasteiger partial charge < -0.3 is 0 Å². The van der Waals surface area contributed by atoms with Crippen molar-refractivity contribution in [3.05, 3.63) is 35.2 Å². The quantitative estimate of drug-likeness (QED) is 0.524. The Morgan fingerprint density at radius 1 is 1.50 bits per heavy atom. The van der Waals surface area contributed by atoms with Crippen LogP contribution in [0.2, 0.25) is 0 Å². The number of allylic oxidation sites excluding steroid dienone is 1. The first kappa shape index (κ1) is 5.66. The minimum atomic E-state index is 1.01. The van der Waals surface area contributed by atoms with Crippen molar-refractivity contribution < 1.29 is 0 Å². The number of hydrogen-bond acceptors (Lipinski definition) is 1. The average molecular weight is 131 g/mol. The summed E-state index contributed by atoms with van der Waals surface area (Å²) in [6, 6.07) is 2.05. The van der Waals surface area contributed by atoms with Crippen LogP contribution in [0.15, 0.2) is 18.3 Å². The van der Waals surface area contributed by atoms with Gasteiger partial charge in [-0.25, -0.2) is 0 Å². The molecule has 1 nitrogen and oxygen atoms in total. The van der Waals surface area contributed by atoms with Crippen LogP contribution in [0.4, 0.5) is 0 Å². The van der Waals surface area contributed by atoms with Crippen molar-refractivity contribution in [2.45, 2.75) is 13.3 Å². The normalized spacial score (nSPS) is 13.7. The van der Waals surface area contributed by atoms with Crippen LogP contribution in [0.3, 0.4) is 0 Å². The van der Waals surface area contributed by atoms with Gasteiger partial charge in [0, 0.05) is 12.6 Å². The summed E-state index contributed by atoms with van der Waals surface area (Å²) in [5.41, 5.74) is 3.88. The van der Waals surface area contributed by atoms with Gasteiger partial charge in [0.25, 0.3) is 0 Å². The number of rotatable bonds is 0. The van der Waals surface area contributed by atoms with Crippen molar-refractivity contribution in [2.75, 3.05) is 0 Å². The van der Waals surface area contributed by atoms with Crippen LogP contribution in [-0.2, 0) is 6.42 Å². The fourth-order valence-electron chi connectivity index (χ4n) is 1.30. The molecule has 10 heavy (non-hydrogen) atoms. The summed E-state index contributed by atoms with van der Waals surface area (Å²) in [4.78, 5) is 4.26. The molecule has 2 rings (SSSR count). The number of aryl methyl sites for hydroxylation is 1. The Balaban J connectivity index is 2.67. The molecule has 1 aromatic rings. The van der Waals surface area contributed by atoms with Crippen molar-refractivity contribution in [1.82, 2.24) is 4.98 Å². The lowest BCUT2D eigenvalue weighted by molar-refractivity contribution is 1.11. The van der Waals surface area contributed by atoms with Crippen LogP contribution in [-0.4, -0.2) is 4.98 Å². The van der Waals surface area contributed by atoms with Crippen LogP contribution in [0.25, 0.3) is 6.08 Å². The van der Waals surface area contributed by atoms with Crippen LogP contribution < -0.4 is 0 Å². The molecule has 1 heterocycles. The molecule has 0 amide bonds. The molecule has 1 heteroatoms. The summed E-state index contributed by atoms with van der Waals surface area (Å²) < 4.78 is 0. The third kappa shape index (κ3) is 0.670. The van der Waals surface area contributed by atoms with Crippen molar-refractivity contribution >= 4 is 6.08 Å². The number of aromatic nitrogens is 1. The molecule has 0 atom stereocenters. The van der Waals surface area contributed by atoms with Crippen LogP contribution in [0.1, 0.15) is 16.8 Å². The van der Waals surface area contributed by atoms with Gasteiger partial charge >= 0.3 is 0 Å².